The first kappa shape index (κ1) is 19.6. The highest BCUT2D eigenvalue weighted by Gasteiger charge is 2.10. The van der Waals surface area contributed by atoms with Crippen molar-refractivity contribution in [1.29, 1.82) is 0 Å². The van der Waals surface area contributed by atoms with E-state index in [-0.39, 0.29) is 5.91 Å². The van der Waals surface area contributed by atoms with Gasteiger partial charge in [0.05, 0.1) is 12.3 Å². The van der Waals surface area contributed by atoms with Gasteiger partial charge in [-0.25, -0.2) is 0 Å². The normalized spacial score (nSPS) is 10.9. The van der Waals surface area contributed by atoms with Gasteiger partial charge in [-0.05, 0) is 73.5 Å². The predicted molar refractivity (Wildman–Crippen MR) is 118 cm³/mol. The van der Waals surface area contributed by atoms with E-state index >= 15 is 0 Å². The van der Waals surface area contributed by atoms with Crippen LogP contribution in [-0.4, -0.2) is 27.5 Å². The van der Waals surface area contributed by atoms with Crippen molar-refractivity contribution in [1.82, 2.24) is 15.0 Å². The van der Waals surface area contributed by atoms with E-state index in [4.69, 9.17) is 4.74 Å². The van der Waals surface area contributed by atoms with Crippen molar-refractivity contribution in [2.24, 2.45) is 0 Å². The SMILES string of the molecule is CCCCOc1ccc(C(=O)Nc2ccc3nn(-c4cccc(C)c4)nc3c2)cc1. The first-order valence-electron chi connectivity index (χ1n) is 10.1. The van der Waals surface area contributed by atoms with E-state index in [1.165, 1.54) is 0 Å². The van der Waals surface area contributed by atoms with Crippen LogP contribution in [0.3, 0.4) is 0 Å². The first-order valence-corrected chi connectivity index (χ1v) is 10.1. The molecule has 0 radical (unpaired) electrons. The minimum absolute atomic E-state index is 0.180. The number of carbonyl (C=O) groups is 1. The molecule has 0 aliphatic heterocycles. The third-order valence-corrected chi connectivity index (χ3v) is 4.75. The van der Waals surface area contributed by atoms with Gasteiger partial charge in [0.15, 0.2) is 0 Å². The topological polar surface area (TPSA) is 69.0 Å². The molecule has 30 heavy (non-hydrogen) atoms. The standard InChI is InChI=1S/C24H24N4O2/c1-3-4-14-30-21-11-8-18(9-12-21)24(29)25-19-10-13-22-23(16-19)27-28(26-22)20-7-5-6-17(2)15-20/h5-13,15-16H,3-4,14H2,1-2H3,(H,25,29). The highest BCUT2D eigenvalue weighted by Crippen LogP contribution is 2.19. The Morgan fingerprint density at radius 2 is 1.80 bits per heavy atom. The number of carbonyl (C=O) groups excluding carboxylic acids is 1. The highest BCUT2D eigenvalue weighted by atomic mass is 16.5. The maximum Gasteiger partial charge on any atom is 0.255 e. The number of rotatable bonds is 7. The molecule has 4 aromatic rings. The predicted octanol–water partition coefficient (Wildman–Crippen LogP) is 5.16. The number of amides is 1. The molecular weight excluding hydrogens is 376 g/mol. The quantitative estimate of drug-likeness (QED) is 0.435. The number of hydrogen-bond acceptors (Lipinski definition) is 4. The van der Waals surface area contributed by atoms with Gasteiger partial charge in [0.1, 0.15) is 16.8 Å². The molecule has 6 heteroatoms. The average molecular weight is 400 g/mol. The number of aryl methyl sites for hydroxylation is 1. The highest BCUT2D eigenvalue weighted by molar-refractivity contribution is 6.05. The van der Waals surface area contributed by atoms with Gasteiger partial charge in [0.2, 0.25) is 0 Å². The molecule has 0 spiro atoms. The van der Waals surface area contributed by atoms with Crippen LogP contribution in [0.2, 0.25) is 0 Å². The lowest BCUT2D eigenvalue weighted by Crippen LogP contribution is -2.11. The van der Waals surface area contributed by atoms with Gasteiger partial charge in [0.25, 0.3) is 5.91 Å². The summed E-state index contributed by atoms with van der Waals surface area (Å²) in [4.78, 5) is 14.2. The monoisotopic (exact) mass is 400 g/mol. The van der Waals surface area contributed by atoms with Crippen molar-refractivity contribution >= 4 is 22.6 Å². The molecule has 0 unspecified atom stereocenters. The van der Waals surface area contributed by atoms with Gasteiger partial charge in [-0.15, -0.1) is 10.2 Å². The molecule has 0 aliphatic carbocycles. The molecule has 4 rings (SSSR count). The lowest BCUT2D eigenvalue weighted by Gasteiger charge is -2.07. The number of aromatic nitrogens is 3. The van der Waals surface area contributed by atoms with Gasteiger partial charge in [-0.2, -0.15) is 4.80 Å². The minimum atomic E-state index is -0.180. The van der Waals surface area contributed by atoms with Crippen LogP contribution in [0.4, 0.5) is 5.69 Å². The Bertz CT molecular complexity index is 1170. The van der Waals surface area contributed by atoms with E-state index in [1.807, 2.05) is 61.5 Å². The lowest BCUT2D eigenvalue weighted by atomic mass is 10.2. The minimum Gasteiger partial charge on any atom is -0.494 e. The number of ether oxygens (including phenoxy) is 1. The Hall–Kier alpha value is -3.67. The number of unbranched alkanes of at least 4 members (excludes halogenated alkanes) is 1. The average Bonchev–Trinajstić information content (AvgIpc) is 3.18. The Kier molecular flexibility index (Phi) is 5.75. The van der Waals surface area contributed by atoms with Crippen LogP contribution >= 0.6 is 0 Å². The third kappa shape index (κ3) is 4.49. The Morgan fingerprint density at radius 1 is 1.00 bits per heavy atom. The molecule has 0 bridgehead atoms. The summed E-state index contributed by atoms with van der Waals surface area (Å²) in [6, 6.07) is 20.7. The van der Waals surface area contributed by atoms with Crippen LogP contribution in [-0.2, 0) is 0 Å². The zero-order valence-corrected chi connectivity index (χ0v) is 17.1. The zero-order chi connectivity index (χ0) is 20.9. The van der Waals surface area contributed by atoms with Crippen LogP contribution in [0.15, 0.2) is 66.7 Å². The second-order valence-electron chi connectivity index (χ2n) is 7.21. The second-order valence-corrected chi connectivity index (χ2v) is 7.21. The van der Waals surface area contributed by atoms with E-state index in [9.17, 15) is 4.79 Å². The van der Waals surface area contributed by atoms with Crippen molar-refractivity contribution in [3.63, 3.8) is 0 Å². The van der Waals surface area contributed by atoms with E-state index in [2.05, 4.69) is 22.4 Å². The molecule has 0 fully saturated rings. The third-order valence-electron chi connectivity index (χ3n) is 4.75. The van der Waals surface area contributed by atoms with Crippen molar-refractivity contribution in [3.05, 3.63) is 77.9 Å². The Morgan fingerprint density at radius 3 is 2.57 bits per heavy atom. The molecule has 0 aliphatic rings. The molecule has 1 N–H and O–H groups in total. The molecule has 152 valence electrons. The van der Waals surface area contributed by atoms with E-state index in [1.54, 1.807) is 16.9 Å². The zero-order valence-electron chi connectivity index (χ0n) is 17.1. The van der Waals surface area contributed by atoms with Gasteiger partial charge in [-0.3, -0.25) is 4.79 Å². The van der Waals surface area contributed by atoms with E-state index in [0.29, 0.717) is 23.4 Å². The fraction of sp³-hybridized carbons (Fsp3) is 0.208. The van der Waals surface area contributed by atoms with E-state index < -0.39 is 0 Å². The van der Waals surface area contributed by atoms with Crippen LogP contribution in [0, 0.1) is 6.92 Å². The molecule has 0 saturated heterocycles. The summed E-state index contributed by atoms with van der Waals surface area (Å²) < 4.78 is 5.64. The Labute approximate surface area is 175 Å². The smallest absolute Gasteiger partial charge is 0.255 e. The summed E-state index contributed by atoms with van der Waals surface area (Å²) in [7, 11) is 0. The molecule has 6 nitrogen and oxygen atoms in total. The molecular formula is C24H24N4O2. The fourth-order valence-corrected chi connectivity index (χ4v) is 3.10. The summed E-state index contributed by atoms with van der Waals surface area (Å²) in [5.74, 6) is 0.592. The molecule has 1 aromatic heterocycles. The lowest BCUT2D eigenvalue weighted by molar-refractivity contribution is 0.102. The van der Waals surface area contributed by atoms with Gasteiger partial charge < -0.3 is 10.1 Å². The summed E-state index contributed by atoms with van der Waals surface area (Å²) in [5, 5.41) is 12.0. The maximum atomic E-state index is 12.6. The largest absolute Gasteiger partial charge is 0.494 e. The summed E-state index contributed by atoms with van der Waals surface area (Å²) >= 11 is 0. The molecule has 0 atom stereocenters. The number of nitrogens with one attached hydrogen (secondary N) is 1. The summed E-state index contributed by atoms with van der Waals surface area (Å²) in [5.41, 5.74) is 4.77. The summed E-state index contributed by atoms with van der Waals surface area (Å²) in [6.07, 6.45) is 2.10. The number of fused-ring (bicyclic) bond motifs is 1. The Balaban J connectivity index is 1.47. The number of hydrogen-bond donors (Lipinski definition) is 1. The number of nitrogens with zero attached hydrogens (tertiary/aromatic N) is 3. The molecule has 1 heterocycles. The van der Waals surface area contributed by atoms with Crippen LogP contribution in [0.1, 0.15) is 35.7 Å². The van der Waals surface area contributed by atoms with Gasteiger partial charge in [-0.1, -0.05) is 25.5 Å². The van der Waals surface area contributed by atoms with E-state index in [0.717, 1.165) is 35.4 Å². The summed E-state index contributed by atoms with van der Waals surface area (Å²) in [6.45, 7) is 4.84. The van der Waals surface area contributed by atoms with Gasteiger partial charge >= 0.3 is 0 Å². The molecule has 0 saturated carbocycles. The molecule has 3 aromatic carbocycles. The first-order chi connectivity index (χ1) is 14.6. The second kappa shape index (κ2) is 8.78. The number of anilines is 1. The van der Waals surface area contributed by atoms with Crippen molar-refractivity contribution in [2.45, 2.75) is 26.7 Å². The van der Waals surface area contributed by atoms with Crippen molar-refractivity contribution in [2.75, 3.05) is 11.9 Å². The molecule has 1 amide bonds. The van der Waals surface area contributed by atoms with Crippen LogP contribution in [0.5, 0.6) is 5.75 Å². The fourth-order valence-electron chi connectivity index (χ4n) is 3.10. The van der Waals surface area contributed by atoms with Crippen LogP contribution in [0.25, 0.3) is 16.7 Å². The van der Waals surface area contributed by atoms with Gasteiger partial charge in [0, 0.05) is 11.3 Å². The van der Waals surface area contributed by atoms with Crippen LogP contribution < -0.4 is 10.1 Å². The number of benzene rings is 3. The van der Waals surface area contributed by atoms with Crippen molar-refractivity contribution in [3.8, 4) is 11.4 Å². The van der Waals surface area contributed by atoms with Crippen molar-refractivity contribution < 1.29 is 9.53 Å². The maximum absolute atomic E-state index is 12.6.